The number of pyridine rings is 1. The number of hydrogen-bond acceptors (Lipinski definition) is 17. The summed E-state index contributed by atoms with van der Waals surface area (Å²) in [5.41, 5.74) is 5.43. The molecule has 0 spiro atoms. The van der Waals surface area contributed by atoms with Gasteiger partial charge in [-0.15, -0.1) is 0 Å². The Kier molecular flexibility index (Phi) is 27.9. The smallest absolute Gasteiger partial charge is 0.266 e. The molecule has 2 unspecified atom stereocenters. The summed E-state index contributed by atoms with van der Waals surface area (Å²) in [7, 11) is 4.78. The molecule has 1 aromatic carbocycles. The van der Waals surface area contributed by atoms with Crippen LogP contribution in [0.1, 0.15) is 83.7 Å². The lowest BCUT2D eigenvalue weighted by molar-refractivity contribution is -0.124. The SMILES string of the molecule is C=Nc1c(C=NC2CCN(S(=O)N3CCN(CCOCCOCCOCCOCCNC)CC3)CC2)ccc(=O)n1C1CCCC1.CN.CNC(=O)C(CCC=O)N1C(=O)c2cccc(OCC=O)c2C1=O. The maximum Gasteiger partial charge on any atom is 0.266 e. The van der Waals surface area contributed by atoms with Gasteiger partial charge in [0.2, 0.25) is 5.91 Å². The van der Waals surface area contributed by atoms with Crippen LogP contribution in [0, 0.1) is 0 Å². The third-order valence-corrected chi connectivity index (χ3v) is 14.0. The molecule has 72 heavy (non-hydrogen) atoms. The molecule has 4 aliphatic rings. The van der Waals surface area contributed by atoms with Crippen LogP contribution in [-0.4, -0.2) is 215 Å². The molecule has 1 aromatic heterocycles. The van der Waals surface area contributed by atoms with Crippen molar-refractivity contribution in [1.29, 1.82) is 0 Å². The fraction of sp³-hybridized carbons (Fsp3) is 0.633. The third-order valence-electron chi connectivity index (χ3n) is 12.4. The number of aliphatic imine (C=N–C) groups is 2. The zero-order valence-corrected chi connectivity index (χ0v) is 43.1. The van der Waals surface area contributed by atoms with E-state index in [9.17, 15) is 33.0 Å². The van der Waals surface area contributed by atoms with Crippen molar-refractivity contribution in [3.8, 4) is 5.75 Å². The Bertz CT molecular complexity index is 2120. The number of piperazine rings is 1. The predicted molar refractivity (Wildman–Crippen MR) is 275 cm³/mol. The van der Waals surface area contributed by atoms with E-state index in [1.807, 2.05) is 13.3 Å². The Morgan fingerprint density at radius 2 is 1.44 bits per heavy atom. The van der Waals surface area contributed by atoms with E-state index in [1.165, 1.54) is 32.3 Å². The standard InChI is InChI=1S/C32H55N7O6S.C16H16N2O6.CH5N/c1-33-11-19-42-21-23-44-25-26-45-24-22-43-20-18-36-14-16-38(17-15-36)46(41)37-12-9-29(10-13-37)35-27-28-7-8-31(40)39(32(28)34-2)30-5-3-4-6-30;1-17-14(21)11(5-3-7-19)18-15(22)10-4-2-6-12(24-9-8-20)13(10)16(18)23;1-2/h7-8,27,29-30,33H,2-6,9-26H2,1H3;2,4,6-8,11H,3,5,9H2,1H3,(H,17,21);2H2,1H3. The van der Waals surface area contributed by atoms with E-state index in [-0.39, 0.29) is 54.0 Å². The first kappa shape index (κ1) is 59.6. The molecule has 3 fully saturated rings. The van der Waals surface area contributed by atoms with Crippen molar-refractivity contribution in [2.45, 2.75) is 69.5 Å². The first-order chi connectivity index (χ1) is 35.2. The highest BCUT2D eigenvalue weighted by molar-refractivity contribution is 7.80. The lowest BCUT2D eigenvalue weighted by Gasteiger charge is -2.37. The molecular formula is C49H76N10O12S. The van der Waals surface area contributed by atoms with Crippen molar-refractivity contribution in [3.05, 3.63) is 57.4 Å². The van der Waals surface area contributed by atoms with E-state index in [1.54, 1.807) is 16.7 Å². The molecule has 4 N–H and O–H groups in total. The van der Waals surface area contributed by atoms with E-state index < -0.39 is 34.9 Å². The zero-order valence-electron chi connectivity index (χ0n) is 42.3. The van der Waals surface area contributed by atoms with E-state index in [0.29, 0.717) is 71.2 Å². The summed E-state index contributed by atoms with van der Waals surface area (Å²) in [6.07, 6.45) is 9.03. The van der Waals surface area contributed by atoms with Gasteiger partial charge in [-0.3, -0.25) is 43.3 Å². The first-order valence-electron chi connectivity index (χ1n) is 24.8. The highest BCUT2D eigenvalue weighted by atomic mass is 32.2. The van der Waals surface area contributed by atoms with Crippen LogP contribution in [0.4, 0.5) is 5.82 Å². The number of nitrogens with two attached hydrogens (primary N) is 1. The number of carbonyl (C=O) groups is 5. The molecule has 4 heterocycles. The Balaban J connectivity index is 0.000000363. The van der Waals surface area contributed by atoms with Gasteiger partial charge in [-0.2, -0.15) is 0 Å². The summed E-state index contributed by atoms with van der Waals surface area (Å²) in [4.78, 5) is 83.3. The van der Waals surface area contributed by atoms with Crippen molar-refractivity contribution in [2.75, 3.05) is 133 Å². The van der Waals surface area contributed by atoms with E-state index >= 15 is 0 Å². The number of ether oxygens (including phenoxy) is 5. The summed E-state index contributed by atoms with van der Waals surface area (Å²) in [5.74, 6) is -1.13. The van der Waals surface area contributed by atoms with Crippen LogP contribution in [0.2, 0.25) is 0 Å². The van der Waals surface area contributed by atoms with Crippen molar-refractivity contribution in [2.24, 2.45) is 15.7 Å². The van der Waals surface area contributed by atoms with Crippen LogP contribution in [0.5, 0.6) is 5.75 Å². The molecule has 23 heteroatoms. The molecular weight excluding hydrogens is 953 g/mol. The number of amides is 3. The molecule has 1 saturated carbocycles. The van der Waals surface area contributed by atoms with E-state index in [4.69, 9.17) is 28.7 Å². The Morgan fingerprint density at radius 3 is 2.04 bits per heavy atom. The number of fused-ring (bicyclic) bond motifs is 1. The number of piperidine rings is 1. The van der Waals surface area contributed by atoms with Crippen LogP contribution in [0.15, 0.2) is 45.1 Å². The van der Waals surface area contributed by atoms with Gasteiger partial charge in [-0.25, -0.2) is 17.8 Å². The number of aromatic nitrogens is 1. The molecule has 3 amide bonds. The molecule has 2 atom stereocenters. The van der Waals surface area contributed by atoms with Gasteiger partial charge in [0.15, 0.2) is 17.5 Å². The van der Waals surface area contributed by atoms with Gasteiger partial charge >= 0.3 is 0 Å². The predicted octanol–water partition coefficient (Wildman–Crippen LogP) is 1.19. The number of likely N-dealkylation sites (N-methyl/N-ethyl adjacent to an activating group) is 2. The number of hydrogen-bond donors (Lipinski definition) is 3. The van der Waals surface area contributed by atoms with Crippen molar-refractivity contribution < 1.29 is 51.9 Å². The third kappa shape index (κ3) is 17.9. The van der Waals surface area contributed by atoms with E-state index in [2.05, 4.69) is 41.6 Å². The number of aldehydes is 2. The second kappa shape index (κ2) is 33.7. The second-order valence-corrected chi connectivity index (χ2v) is 18.4. The van der Waals surface area contributed by atoms with Gasteiger partial charge in [-0.05, 0) is 71.1 Å². The van der Waals surface area contributed by atoms with Crippen LogP contribution in [0.25, 0.3) is 0 Å². The second-order valence-electron chi connectivity index (χ2n) is 16.9. The van der Waals surface area contributed by atoms with Crippen molar-refractivity contribution in [1.82, 2.24) is 33.6 Å². The molecule has 0 bridgehead atoms. The molecule has 2 saturated heterocycles. The van der Waals surface area contributed by atoms with Gasteiger partial charge in [-0.1, -0.05) is 18.9 Å². The minimum absolute atomic E-state index is 0.0179. The van der Waals surface area contributed by atoms with Gasteiger partial charge < -0.3 is 44.8 Å². The Morgan fingerprint density at radius 1 is 0.819 bits per heavy atom. The fourth-order valence-electron chi connectivity index (χ4n) is 8.65. The quantitative estimate of drug-likeness (QED) is 0.0448. The van der Waals surface area contributed by atoms with Crippen LogP contribution < -0.4 is 26.7 Å². The average molecular weight is 1030 g/mol. The zero-order chi connectivity index (χ0) is 52.1. The number of nitrogens with one attached hydrogen (secondary N) is 2. The summed E-state index contributed by atoms with van der Waals surface area (Å²) < 4.78 is 46.7. The topological polar surface area (TPSA) is 258 Å². The molecule has 3 aliphatic heterocycles. The molecule has 1 aliphatic carbocycles. The number of benzene rings is 1. The number of imide groups is 1. The summed E-state index contributed by atoms with van der Waals surface area (Å²) >= 11 is -1.13. The van der Waals surface area contributed by atoms with Crippen LogP contribution in [-0.2, 0) is 44.5 Å². The van der Waals surface area contributed by atoms with Crippen LogP contribution >= 0.6 is 0 Å². The van der Waals surface area contributed by atoms with Gasteiger partial charge in [0.05, 0.1) is 70.0 Å². The largest absolute Gasteiger partial charge is 0.485 e. The van der Waals surface area contributed by atoms with Crippen molar-refractivity contribution >= 4 is 60.2 Å². The summed E-state index contributed by atoms with van der Waals surface area (Å²) in [6.45, 7) is 14.8. The summed E-state index contributed by atoms with van der Waals surface area (Å²) in [5, 5.41) is 5.42. The first-order valence-corrected chi connectivity index (χ1v) is 25.9. The normalized spacial score (nSPS) is 17.7. The average Bonchev–Trinajstić information content (AvgIpc) is 4.04. The molecule has 2 aromatic rings. The van der Waals surface area contributed by atoms with Gasteiger partial charge in [0, 0.05) is 89.7 Å². The monoisotopic (exact) mass is 1030 g/mol. The fourth-order valence-corrected chi connectivity index (χ4v) is 9.97. The summed E-state index contributed by atoms with van der Waals surface area (Å²) in [6, 6.07) is 7.12. The number of carbonyl (C=O) groups excluding carboxylic acids is 5. The van der Waals surface area contributed by atoms with Gasteiger partial charge in [0.25, 0.3) is 17.4 Å². The van der Waals surface area contributed by atoms with Crippen molar-refractivity contribution in [3.63, 3.8) is 0 Å². The lowest BCUT2D eigenvalue weighted by atomic mass is 10.1. The van der Waals surface area contributed by atoms with E-state index in [0.717, 1.165) is 101 Å². The number of nitrogens with zero attached hydrogens (tertiary/aromatic N) is 7. The highest BCUT2D eigenvalue weighted by Crippen LogP contribution is 2.34. The minimum atomic E-state index is -1.13. The lowest BCUT2D eigenvalue weighted by Crippen LogP contribution is -2.52. The maximum absolute atomic E-state index is 13.3. The molecule has 22 nitrogen and oxygen atoms in total. The minimum Gasteiger partial charge on any atom is -0.485 e. The molecule has 6 rings (SSSR count). The Hall–Kier alpha value is -4.95. The van der Waals surface area contributed by atoms with Gasteiger partial charge in [0.1, 0.15) is 30.5 Å². The Labute approximate surface area is 425 Å². The molecule has 400 valence electrons. The highest BCUT2D eigenvalue weighted by Gasteiger charge is 2.44. The number of rotatable bonds is 29. The maximum atomic E-state index is 13.3. The molecule has 0 radical (unpaired) electrons. The van der Waals surface area contributed by atoms with Crippen LogP contribution in [0.3, 0.4) is 0 Å².